The van der Waals surface area contributed by atoms with E-state index in [2.05, 4.69) is 6.92 Å². The van der Waals surface area contributed by atoms with E-state index in [9.17, 15) is 23.3 Å². The lowest BCUT2D eigenvalue weighted by Gasteiger charge is -2.19. The van der Waals surface area contributed by atoms with Crippen LogP contribution >= 0.6 is 0 Å². The van der Waals surface area contributed by atoms with Crippen molar-refractivity contribution in [2.45, 2.75) is 38.6 Å². The minimum absolute atomic E-state index is 0.164. The Morgan fingerprint density at radius 3 is 2.16 bits per heavy atom. The third-order valence-electron chi connectivity index (χ3n) is 5.10. The predicted molar refractivity (Wildman–Crippen MR) is 121 cm³/mol. The van der Waals surface area contributed by atoms with Crippen molar-refractivity contribution in [3.8, 4) is 5.75 Å². The highest BCUT2D eigenvalue weighted by atomic mass is 32.2. The van der Waals surface area contributed by atoms with Crippen molar-refractivity contribution < 1.29 is 22.9 Å². The van der Waals surface area contributed by atoms with Crippen LogP contribution in [-0.4, -0.2) is 55.2 Å². The molecule has 32 heavy (non-hydrogen) atoms. The van der Waals surface area contributed by atoms with Crippen LogP contribution in [0, 0.1) is 10.1 Å². The van der Waals surface area contributed by atoms with Crippen molar-refractivity contribution in [2.75, 3.05) is 26.7 Å². The van der Waals surface area contributed by atoms with Crippen LogP contribution in [0.1, 0.15) is 31.9 Å². The van der Waals surface area contributed by atoms with E-state index < -0.39 is 27.2 Å². The third kappa shape index (κ3) is 6.04. The van der Waals surface area contributed by atoms with Crippen LogP contribution in [-0.2, 0) is 27.8 Å². The van der Waals surface area contributed by atoms with Crippen molar-refractivity contribution in [1.82, 2.24) is 9.21 Å². The van der Waals surface area contributed by atoms with Crippen LogP contribution in [0.25, 0.3) is 0 Å². The number of aryl methyl sites for hydroxylation is 1. The second kappa shape index (κ2) is 11.1. The van der Waals surface area contributed by atoms with E-state index in [1.54, 1.807) is 20.9 Å². The van der Waals surface area contributed by atoms with E-state index in [0.717, 1.165) is 18.1 Å². The molecule has 0 unspecified atom stereocenters. The zero-order chi connectivity index (χ0) is 23.9. The van der Waals surface area contributed by atoms with E-state index >= 15 is 0 Å². The van der Waals surface area contributed by atoms with E-state index in [4.69, 9.17) is 4.74 Å². The summed E-state index contributed by atoms with van der Waals surface area (Å²) < 4.78 is 31.9. The van der Waals surface area contributed by atoms with Gasteiger partial charge >= 0.3 is 5.69 Å². The molecule has 10 heteroatoms. The lowest BCUT2D eigenvalue weighted by molar-refractivity contribution is -0.386. The fourth-order valence-electron chi connectivity index (χ4n) is 3.13. The second-order valence-electron chi connectivity index (χ2n) is 7.18. The maximum atomic E-state index is 12.7. The highest BCUT2D eigenvalue weighted by Crippen LogP contribution is 2.31. The molecule has 0 spiro atoms. The van der Waals surface area contributed by atoms with Crippen LogP contribution in [0.15, 0.2) is 47.4 Å². The third-order valence-corrected chi connectivity index (χ3v) is 7.14. The molecular formula is C22H29N3O6S. The van der Waals surface area contributed by atoms with Gasteiger partial charge in [0.1, 0.15) is 0 Å². The minimum atomic E-state index is -3.86. The lowest BCUT2D eigenvalue weighted by atomic mass is 10.1. The number of amides is 1. The Labute approximate surface area is 188 Å². The number of nitro benzene ring substituents is 1. The fraction of sp³-hybridized carbons (Fsp3) is 0.409. The van der Waals surface area contributed by atoms with Crippen molar-refractivity contribution in [3.05, 3.63) is 63.7 Å². The summed E-state index contributed by atoms with van der Waals surface area (Å²) >= 11 is 0. The number of rotatable bonds is 11. The molecule has 1 amide bonds. The fourth-order valence-corrected chi connectivity index (χ4v) is 4.61. The number of hydrogen-bond donors (Lipinski definition) is 0. The quantitative estimate of drug-likeness (QED) is 0.374. The Kier molecular flexibility index (Phi) is 8.73. The number of ether oxygens (including phenoxy) is 1. The van der Waals surface area contributed by atoms with Crippen LogP contribution in [0.5, 0.6) is 5.75 Å². The highest BCUT2D eigenvalue weighted by Gasteiger charge is 2.26. The van der Waals surface area contributed by atoms with Crippen molar-refractivity contribution >= 4 is 21.6 Å². The molecule has 0 radical (unpaired) electrons. The second-order valence-corrected chi connectivity index (χ2v) is 9.12. The molecule has 0 saturated heterocycles. The Morgan fingerprint density at radius 2 is 1.62 bits per heavy atom. The first-order valence-corrected chi connectivity index (χ1v) is 11.8. The minimum Gasteiger partial charge on any atom is -0.477 e. The number of sulfonamides is 1. The summed E-state index contributed by atoms with van der Waals surface area (Å²) in [7, 11) is -2.24. The summed E-state index contributed by atoms with van der Waals surface area (Å²) in [5, 5.41) is 11.5. The zero-order valence-electron chi connectivity index (χ0n) is 18.8. The Morgan fingerprint density at radius 1 is 1.03 bits per heavy atom. The summed E-state index contributed by atoms with van der Waals surface area (Å²) in [5.74, 6) is -0.527. The Bertz CT molecular complexity index is 1050. The molecule has 0 saturated carbocycles. The number of nitro groups is 1. The smallest absolute Gasteiger partial charge is 0.312 e. The number of benzene rings is 2. The van der Waals surface area contributed by atoms with Gasteiger partial charge in [0.2, 0.25) is 10.0 Å². The molecule has 0 fully saturated rings. The number of likely N-dealkylation sites (N-methyl/N-ethyl adjacent to an activating group) is 1. The van der Waals surface area contributed by atoms with E-state index in [1.807, 2.05) is 24.3 Å². The molecule has 0 aromatic heterocycles. The largest absolute Gasteiger partial charge is 0.477 e. The molecule has 9 nitrogen and oxygen atoms in total. The number of nitrogens with zero attached hydrogens (tertiary/aromatic N) is 3. The number of carbonyl (C=O) groups is 1. The normalized spacial score (nSPS) is 11.4. The molecule has 174 valence electrons. The van der Waals surface area contributed by atoms with Gasteiger partial charge in [-0.3, -0.25) is 14.9 Å². The summed E-state index contributed by atoms with van der Waals surface area (Å²) in [6.45, 7) is 5.88. The topological polar surface area (TPSA) is 110 Å². The highest BCUT2D eigenvalue weighted by molar-refractivity contribution is 7.89. The van der Waals surface area contributed by atoms with Crippen LogP contribution in [0.3, 0.4) is 0 Å². The monoisotopic (exact) mass is 463 g/mol. The van der Waals surface area contributed by atoms with Gasteiger partial charge in [-0.05, 0) is 29.7 Å². The van der Waals surface area contributed by atoms with Crippen molar-refractivity contribution in [2.24, 2.45) is 0 Å². The average Bonchev–Trinajstić information content (AvgIpc) is 2.78. The maximum absolute atomic E-state index is 12.7. The van der Waals surface area contributed by atoms with Gasteiger partial charge in [-0.1, -0.05) is 45.0 Å². The van der Waals surface area contributed by atoms with E-state index in [1.165, 1.54) is 26.9 Å². The first kappa shape index (κ1) is 25.3. The summed E-state index contributed by atoms with van der Waals surface area (Å²) in [6, 6.07) is 11.3. The summed E-state index contributed by atoms with van der Waals surface area (Å²) in [5.41, 5.74) is 1.64. The van der Waals surface area contributed by atoms with Crippen LogP contribution in [0.4, 0.5) is 5.69 Å². The number of carbonyl (C=O) groups excluding carboxylic acids is 1. The molecular weight excluding hydrogens is 434 g/mol. The van der Waals surface area contributed by atoms with Gasteiger partial charge in [0.15, 0.2) is 12.4 Å². The SMILES string of the molecule is CCc1ccc(CN(C)C(=O)COc2ccc(S(=O)(=O)N(CC)CC)cc2[N+](=O)[O-])cc1. The first-order chi connectivity index (χ1) is 15.1. The van der Waals surface area contributed by atoms with Gasteiger partial charge in [0.05, 0.1) is 9.82 Å². The molecule has 0 bridgehead atoms. The Hall–Kier alpha value is -2.98. The predicted octanol–water partition coefficient (Wildman–Crippen LogP) is 3.23. The van der Waals surface area contributed by atoms with Gasteiger partial charge < -0.3 is 9.64 Å². The van der Waals surface area contributed by atoms with Gasteiger partial charge in [-0.15, -0.1) is 0 Å². The van der Waals surface area contributed by atoms with E-state index in [0.29, 0.717) is 6.54 Å². The average molecular weight is 464 g/mol. The van der Waals surface area contributed by atoms with Crippen LogP contribution < -0.4 is 4.74 Å². The first-order valence-electron chi connectivity index (χ1n) is 10.4. The lowest BCUT2D eigenvalue weighted by Crippen LogP contribution is -2.31. The molecule has 0 heterocycles. The Balaban J connectivity index is 2.12. The summed E-state index contributed by atoms with van der Waals surface area (Å²) in [6.07, 6.45) is 0.927. The van der Waals surface area contributed by atoms with Gasteiger partial charge in [-0.25, -0.2) is 8.42 Å². The van der Waals surface area contributed by atoms with Gasteiger partial charge in [0, 0.05) is 32.7 Å². The standard InChI is InChI=1S/C22H29N3O6S/c1-5-17-8-10-18(11-9-17)15-23(4)22(26)16-31-21-13-12-19(14-20(21)25(27)28)32(29,30)24(6-2)7-3/h8-14H,5-7,15-16H2,1-4H3. The maximum Gasteiger partial charge on any atom is 0.312 e. The van der Waals surface area contributed by atoms with Gasteiger partial charge in [0.25, 0.3) is 5.91 Å². The van der Waals surface area contributed by atoms with Crippen LogP contribution in [0.2, 0.25) is 0 Å². The zero-order valence-corrected chi connectivity index (χ0v) is 19.6. The van der Waals surface area contributed by atoms with E-state index in [-0.39, 0.29) is 29.6 Å². The molecule has 2 aromatic carbocycles. The van der Waals surface area contributed by atoms with Crippen molar-refractivity contribution in [3.63, 3.8) is 0 Å². The molecule has 0 aliphatic carbocycles. The molecule has 0 atom stereocenters. The molecule has 2 aromatic rings. The summed E-state index contributed by atoms with van der Waals surface area (Å²) in [4.78, 5) is 24.5. The van der Waals surface area contributed by atoms with Gasteiger partial charge in [-0.2, -0.15) is 4.31 Å². The molecule has 0 aliphatic rings. The van der Waals surface area contributed by atoms with Crippen molar-refractivity contribution in [1.29, 1.82) is 0 Å². The molecule has 0 aliphatic heterocycles. The molecule has 2 rings (SSSR count). The number of hydrogen-bond acceptors (Lipinski definition) is 6. The molecule has 0 N–H and O–H groups in total.